The van der Waals surface area contributed by atoms with Gasteiger partial charge in [0.15, 0.2) is 6.29 Å². The van der Waals surface area contributed by atoms with E-state index in [1.807, 2.05) is 84.7 Å². The van der Waals surface area contributed by atoms with Gasteiger partial charge in [-0.05, 0) is 52.6 Å². The molecule has 1 saturated heterocycles. The Balaban J connectivity index is 1.34. The molecule has 0 bridgehead atoms. The maximum atomic E-state index is 12.0. The highest BCUT2D eigenvalue weighted by atomic mass is 16.7. The van der Waals surface area contributed by atoms with Crippen molar-refractivity contribution in [1.82, 2.24) is 10.2 Å². The van der Waals surface area contributed by atoms with Crippen LogP contribution in [0.2, 0.25) is 0 Å². The van der Waals surface area contributed by atoms with Crippen molar-refractivity contribution in [2.45, 2.75) is 44.7 Å². The Bertz CT molecular complexity index is 1640. The summed E-state index contributed by atoms with van der Waals surface area (Å²) in [5.74, 6) is 0.0852. The summed E-state index contributed by atoms with van der Waals surface area (Å²) in [5, 5.41) is 33.1. The van der Waals surface area contributed by atoms with Gasteiger partial charge in [0.2, 0.25) is 0 Å². The normalized spacial score (nSPS) is 19.9. The van der Waals surface area contributed by atoms with E-state index in [9.17, 15) is 20.1 Å². The summed E-state index contributed by atoms with van der Waals surface area (Å²) in [4.78, 5) is 14.0. The van der Waals surface area contributed by atoms with Gasteiger partial charge in [-0.15, -0.1) is 0 Å². The van der Waals surface area contributed by atoms with Gasteiger partial charge in [0.1, 0.15) is 12.4 Å². The highest BCUT2D eigenvalue weighted by molar-refractivity contribution is 5.70. The second kappa shape index (κ2) is 16.5. The summed E-state index contributed by atoms with van der Waals surface area (Å²) in [6.07, 6.45) is -0.926. The quantitative estimate of drug-likeness (QED) is 0.122. The minimum Gasteiger partial charge on any atom is -0.508 e. The molecule has 0 saturated carbocycles. The highest BCUT2D eigenvalue weighted by Gasteiger charge is 2.39. The summed E-state index contributed by atoms with van der Waals surface area (Å²) in [6, 6.07) is 30.4. The van der Waals surface area contributed by atoms with Crippen LogP contribution < -0.4 is 5.32 Å². The van der Waals surface area contributed by atoms with Gasteiger partial charge in [-0.2, -0.15) is 0 Å². The molecule has 5 atom stereocenters. The van der Waals surface area contributed by atoms with Crippen molar-refractivity contribution in [3.05, 3.63) is 138 Å². The van der Waals surface area contributed by atoms with Gasteiger partial charge in [-0.3, -0.25) is 0 Å². The molecule has 252 valence electrons. The molecule has 4 aromatic carbocycles. The average molecular weight is 653 g/mol. The zero-order chi connectivity index (χ0) is 34.0. The molecule has 5 unspecified atom stereocenters. The standard InChI is InChI=1S/C39H44N2O7/c1-4-20-46-39(45)40-22-32-8-5-6-11-34(32)28-16-18-30(19-17-28)38-47-36(24-41(3)23-35(44)31-9-7-10-33(43)21-31)26(2)37(48-38)29-14-12-27(25-42)13-15-29/h4-19,21,26,35-38,42-44H,1,20,22-25H2,2-3H3,(H,40,45). The molecule has 1 amide bonds. The van der Waals surface area contributed by atoms with Crippen LogP contribution >= 0.6 is 0 Å². The molecule has 9 heteroatoms. The minimum absolute atomic E-state index is 0.0293. The molecule has 0 aliphatic carbocycles. The number of phenolic OH excluding ortho intramolecular Hbond substituents is 1. The number of hydrogen-bond donors (Lipinski definition) is 4. The predicted molar refractivity (Wildman–Crippen MR) is 184 cm³/mol. The Morgan fingerprint density at radius 3 is 2.44 bits per heavy atom. The maximum Gasteiger partial charge on any atom is 0.407 e. The summed E-state index contributed by atoms with van der Waals surface area (Å²) in [7, 11) is 1.94. The van der Waals surface area contributed by atoms with Crippen molar-refractivity contribution in [2.75, 3.05) is 26.7 Å². The smallest absolute Gasteiger partial charge is 0.407 e. The van der Waals surface area contributed by atoms with Crippen molar-refractivity contribution < 1.29 is 34.3 Å². The van der Waals surface area contributed by atoms with Gasteiger partial charge >= 0.3 is 6.09 Å². The number of carbonyl (C=O) groups excluding carboxylic acids is 1. The fourth-order valence-electron chi connectivity index (χ4n) is 5.97. The molecule has 0 radical (unpaired) electrons. The molecule has 0 aromatic heterocycles. The highest BCUT2D eigenvalue weighted by Crippen LogP contribution is 2.42. The fourth-order valence-corrected chi connectivity index (χ4v) is 5.97. The second-order valence-corrected chi connectivity index (χ2v) is 12.2. The lowest BCUT2D eigenvalue weighted by atomic mass is 9.90. The lowest BCUT2D eigenvalue weighted by molar-refractivity contribution is -0.276. The van der Waals surface area contributed by atoms with Gasteiger partial charge < -0.3 is 39.7 Å². The molecule has 1 fully saturated rings. The molecular weight excluding hydrogens is 608 g/mol. The van der Waals surface area contributed by atoms with E-state index < -0.39 is 18.5 Å². The molecule has 4 N–H and O–H groups in total. The summed E-state index contributed by atoms with van der Waals surface area (Å²) >= 11 is 0. The Hall–Kier alpha value is -4.51. The summed E-state index contributed by atoms with van der Waals surface area (Å²) in [6.45, 7) is 6.98. The molecule has 0 spiro atoms. The van der Waals surface area contributed by atoms with E-state index in [4.69, 9.17) is 14.2 Å². The van der Waals surface area contributed by atoms with E-state index in [2.05, 4.69) is 18.8 Å². The van der Waals surface area contributed by atoms with Crippen molar-refractivity contribution in [1.29, 1.82) is 0 Å². The zero-order valence-electron chi connectivity index (χ0n) is 27.4. The number of amides is 1. The Labute approximate surface area is 282 Å². The minimum atomic E-state index is -0.779. The first kappa shape index (κ1) is 34.8. The van der Waals surface area contributed by atoms with Gasteiger partial charge in [-0.1, -0.05) is 105 Å². The fraction of sp³-hybridized carbons (Fsp3) is 0.308. The average Bonchev–Trinajstić information content (AvgIpc) is 3.11. The number of nitrogens with zero attached hydrogens (tertiary/aromatic N) is 1. The number of aliphatic hydroxyl groups excluding tert-OH is 2. The number of phenols is 1. The predicted octanol–water partition coefficient (Wildman–Crippen LogP) is 6.42. The summed E-state index contributed by atoms with van der Waals surface area (Å²) < 4.78 is 18.3. The first-order chi connectivity index (χ1) is 23.2. The SMILES string of the molecule is C=CCOC(=O)NCc1ccccc1-c1ccc(C2OC(CN(C)CC(O)c3cccc(O)c3)C(C)C(c3ccc(CO)cc3)O2)cc1. The third-order valence-electron chi connectivity index (χ3n) is 8.62. The molecule has 9 nitrogen and oxygen atoms in total. The molecule has 48 heavy (non-hydrogen) atoms. The van der Waals surface area contributed by atoms with Crippen LogP contribution in [0.1, 0.15) is 53.2 Å². The number of benzene rings is 4. The number of hydrogen-bond acceptors (Lipinski definition) is 8. The third-order valence-corrected chi connectivity index (χ3v) is 8.62. The van der Waals surface area contributed by atoms with Crippen LogP contribution in [-0.2, 0) is 27.4 Å². The van der Waals surface area contributed by atoms with E-state index >= 15 is 0 Å². The van der Waals surface area contributed by atoms with E-state index in [0.717, 1.165) is 33.4 Å². The van der Waals surface area contributed by atoms with Crippen LogP contribution in [-0.4, -0.2) is 59.2 Å². The van der Waals surface area contributed by atoms with Gasteiger partial charge in [0.05, 0.1) is 24.9 Å². The number of ether oxygens (including phenoxy) is 3. The zero-order valence-corrected chi connectivity index (χ0v) is 27.4. The van der Waals surface area contributed by atoms with Gasteiger partial charge in [0, 0.05) is 31.1 Å². The van der Waals surface area contributed by atoms with E-state index in [1.165, 1.54) is 6.08 Å². The number of aliphatic hydroxyl groups is 2. The van der Waals surface area contributed by atoms with Gasteiger partial charge in [-0.25, -0.2) is 4.79 Å². The van der Waals surface area contributed by atoms with Crippen LogP contribution in [0.15, 0.2) is 110 Å². The van der Waals surface area contributed by atoms with Gasteiger partial charge in [0.25, 0.3) is 0 Å². The van der Waals surface area contributed by atoms with E-state index in [-0.39, 0.29) is 37.1 Å². The second-order valence-electron chi connectivity index (χ2n) is 12.2. The van der Waals surface area contributed by atoms with E-state index in [0.29, 0.717) is 25.2 Å². The van der Waals surface area contributed by atoms with Crippen LogP contribution in [0.25, 0.3) is 11.1 Å². The Morgan fingerprint density at radius 1 is 1.00 bits per heavy atom. The summed E-state index contributed by atoms with van der Waals surface area (Å²) in [5.41, 5.74) is 6.23. The monoisotopic (exact) mass is 652 g/mol. The first-order valence-electron chi connectivity index (χ1n) is 16.1. The van der Waals surface area contributed by atoms with Crippen molar-refractivity contribution in [3.8, 4) is 16.9 Å². The molecule has 1 heterocycles. The number of aromatic hydroxyl groups is 1. The van der Waals surface area contributed by atoms with Crippen LogP contribution in [0, 0.1) is 5.92 Å². The van der Waals surface area contributed by atoms with Crippen LogP contribution in [0.3, 0.4) is 0 Å². The van der Waals surface area contributed by atoms with Crippen molar-refractivity contribution in [2.24, 2.45) is 5.92 Å². The molecule has 1 aliphatic heterocycles. The van der Waals surface area contributed by atoms with Crippen molar-refractivity contribution >= 4 is 6.09 Å². The molecule has 5 rings (SSSR count). The number of nitrogens with one attached hydrogen (secondary N) is 1. The van der Waals surface area contributed by atoms with E-state index in [1.54, 1.807) is 24.3 Å². The molecular formula is C39H44N2O7. The first-order valence-corrected chi connectivity index (χ1v) is 16.1. The number of alkyl carbamates (subject to hydrolysis) is 1. The lowest BCUT2D eigenvalue weighted by Gasteiger charge is -2.42. The Kier molecular flexibility index (Phi) is 12.0. The van der Waals surface area contributed by atoms with Crippen molar-refractivity contribution in [3.63, 3.8) is 0 Å². The van der Waals surface area contributed by atoms with Crippen LogP contribution in [0.5, 0.6) is 5.75 Å². The third kappa shape index (κ3) is 8.89. The maximum absolute atomic E-state index is 12.0. The topological polar surface area (TPSA) is 121 Å². The Morgan fingerprint density at radius 2 is 1.73 bits per heavy atom. The number of rotatable bonds is 13. The molecule has 1 aliphatic rings. The lowest BCUT2D eigenvalue weighted by Crippen LogP contribution is -2.44. The molecule has 4 aromatic rings. The largest absolute Gasteiger partial charge is 0.508 e. The van der Waals surface area contributed by atoms with Crippen LogP contribution in [0.4, 0.5) is 4.79 Å². The number of carbonyl (C=O) groups is 1. The number of likely N-dealkylation sites (N-methyl/N-ethyl adjacent to an activating group) is 1.